The molecule has 2 heteroatoms. The average molecular weight is 153 g/mol. The van der Waals surface area contributed by atoms with Crippen LogP contribution in [0, 0.1) is 5.41 Å². The Kier molecular flexibility index (Phi) is 1.53. The second-order valence-corrected chi connectivity index (χ2v) is 4.04. The summed E-state index contributed by atoms with van der Waals surface area (Å²) in [4.78, 5) is 13.8. The summed E-state index contributed by atoms with van der Waals surface area (Å²) >= 11 is 0. The lowest BCUT2D eigenvalue weighted by Gasteiger charge is -2.46. The van der Waals surface area contributed by atoms with Crippen molar-refractivity contribution in [2.45, 2.75) is 25.7 Å². The molecule has 0 bridgehead atoms. The smallest absolute Gasteiger partial charge is 0.141 e. The van der Waals surface area contributed by atoms with Crippen molar-refractivity contribution in [3.63, 3.8) is 0 Å². The van der Waals surface area contributed by atoms with E-state index in [2.05, 4.69) is 11.9 Å². The first-order valence-corrected chi connectivity index (χ1v) is 4.45. The molecule has 11 heavy (non-hydrogen) atoms. The van der Waals surface area contributed by atoms with Crippen molar-refractivity contribution in [3.05, 3.63) is 0 Å². The molecule has 0 N–H and O–H groups in total. The summed E-state index contributed by atoms with van der Waals surface area (Å²) < 4.78 is 0. The van der Waals surface area contributed by atoms with Gasteiger partial charge in [0.25, 0.3) is 0 Å². The third-order valence-electron chi connectivity index (χ3n) is 3.20. The second-order valence-electron chi connectivity index (χ2n) is 4.04. The molecule has 0 aromatic heterocycles. The van der Waals surface area contributed by atoms with Crippen LogP contribution in [0.25, 0.3) is 0 Å². The molecule has 0 aromatic rings. The summed E-state index contributed by atoms with van der Waals surface area (Å²) in [6.07, 6.45) is 4.35. The molecule has 0 radical (unpaired) electrons. The van der Waals surface area contributed by atoms with Gasteiger partial charge in [-0.1, -0.05) is 6.42 Å². The van der Waals surface area contributed by atoms with Crippen molar-refractivity contribution in [3.8, 4) is 0 Å². The Hall–Kier alpha value is -0.370. The van der Waals surface area contributed by atoms with Crippen LogP contribution in [0.4, 0.5) is 0 Å². The lowest BCUT2D eigenvalue weighted by Crippen LogP contribution is -2.51. The van der Waals surface area contributed by atoms with Gasteiger partial charge in [-0.15, -0.1) is 0 Å². The Labute approximate surface area is 67.6 Å². The van der Waals surface area contributed by atoms with Gasteiger partial charge >= 0.3 is 0 Å². The van der Waals surface area contributed by atoms with Crippen molar-refractivity contribution in [1.82, 2.24) is 4.90 Å². The van der Waals surface area contributed by atoms with Gasteiger partial charge in [-0.25, -0.2) is 0 Å². The Morgan fingerprint density at radius 3 is 2.64 bits per heavy atom. The predicted octanol–water partition coefficient (Wildman–Crippen LogP) is 1.06. The highest BCUT2D eigenvalue weighted by atomic mass is 16.1. The van der Waals surface area contributed by atoms with Gasteiger partial charge in [-0.3, -0.25) is 4.79 Å². The molecule has 2 aliphatic rings. The molecular formula is C9H15NO. The van der Waals surface area contributed by atoms with E-state index in [4.69, 9.17) is 0 Å². The molecule has 1 spiro atoms. The van der Waals surface area contributed by atoms with Crippen molar-refractivity contribution in [2.75, 3.05) is 20.1 Å². The fourth-order valence-corrected chi connectivity index (χ4v) is 2.28. The summed E-state index contributed by atoms with van der Waals surface area (Å²) in [6.45, 7) is 1.99. The first-order valence-electron chi connectivity index (χ1n) is 4.45. The number of hydrogen-bond acceptors (Lipinski definition) is 2. The fourth-order valence-electron chi connectivity index (χ4n) is 2.28. The SMILES string of the molecule is CN1CCC(=O)C2(CCC2)C1. The first-order chi connectivity index (χ1) is 5.23. The number of piperidine rings is 1. The van der Waals surface area contributed by atoms with Crippen LogP contribution in [-0.4, -0.2) is 30.8 Å². The van der Waals surface area contributed by atoms with Crippen LogP contribution >= 0.6 is 0 Å². The van der Waals surface area contributed by atoms with Gasteiger partial charge in [0.05, 0.1) is 0 Å². The quantitative estimate of drug-likeness (QED) is 0.518. The number of Topliss-reactive ketones (excluding diaryl/α,β-unsaturated/α-hetero) is 1. The van der Waals surface area contributed by atoms with Gasteiger partial charge in [-0.05, 0) is 19.9 Å². The minimum atomic E-state index is 0.118. The molecule has 2 rings (SSSR count). The van der Waals surface area contributed by atoms with Crippen molar-refractivity contribution < 1.29 is 4.79 Å². The lowest BCUT2D eigenvalue weighted by atomic mass is 9.63. The van der Waals surface area contributed by atoms with E-state index in [1.54, 1.807) is 0 Å². The Bertz CT molecular complexity index is 184. The summed E-state index contributed by atoms with van der Waals surface area (Å²) in [5.41, 5.74) is 0.118. The molecule has 2 fully saturated rings. The minimum absolute atomic E-state index is 0.118. The number of carbonyl (C=O) groups is 1. The largest absolute Gasteiger partial charge is 0.305 e. The van der Waals surface area contributed by atoms with Gasteiger partial charge in [0.2, 0.25) is 0 Å². The molecule has 1 heterocycles. The lowest BCUT2D eigenvalue weighted by molar-refractivity contribution is -0.139. The molecule has 1 aliphatic heterocycles. The van der Waals surface area contributed by atoms with E-state index in [0.29, 0.717) is 5.78 Å². The van der Waals surface area contributed by atoms with E-state index in [-0.39, 0.29) is 5.41 Å². The standard InChI is InChI=1S/C9H15NO/c1-10-6-3-8(11)9(7-10)4-2-5-9/h2-7H2,1H3. The summed E-state index contributed by atoms with van der Waals surface area (Å²) in [5.74, 6) is 0.529. The van der Waals surface area contributed by atoms with Crippen LogP contribution < -0.4 is 0 Å². The Balaban J connectivity index is 2.10. The van der Waals surface area contributed by atoms with Crippen LogP contribution in [0.2, 0.25) is 0 Å². The van der Waals surface area contributed by atoms with Gasteiger partial charge in [0.1, 0.15) is 5.78 Å². The van der Waals surface area contributed by atoms with Gasteiger partial charge in [0, 0.05) is 24.9 Å². The zero-order chi connectivity index (χ0) is 7.90. The summed E-state index contributed by atoms with van der Waals surface area (Å²) in [7, 11) is 2.12. The molecule has 1 saturated heterocycles. The zero-order valence-electron chi connectivity index (χ0n) is 7.10. The molecule has 0 atom stereocenters. The van der Waals surface area contributed by atoms with Crippen LogP contribution in [-0.2, 0) is 4.79 Å². The number of rotatable bonds is 0. The fraction of sp³-hybridized carbons (Fsp3) is 0.889. The number of nitrogens with zero attached hydrogens (tertiary/aromatic N) is 1. The van der Waals surface area contributed by atoms with E-state index in [1.165, 1.54) is 6.42 Å². The van der Waals surface area contributed by atoms with Crippen LogP contribution in [0.1, 0.15) is 25.7 Å². The van der Waals surface area contributed by atoms with E-state index in [9.17, 15) is 4.79 Å². The van der Waals surface area contributed by atoms with E-state index in [1.807, 2.05) is 0 Å². The molecule has 2 nitrogen and oxygen atoms in total. The third kappa shape index (κ3) is 1.00. The molecule has 0 unspecified atom stereocenters. The normalized spacial score (nSPS) is 30.5. The van der Waals surface area contributed by atoms with Crippen molar-refractivity contribution >= 4 is 5.78 Å². The van der Waals surface area contributed by atoms with E-state index >= 15 is 0 Å². The molecule has 1 aliphatic carbocycles. The number of carbonyl (C=O) groups excluding carboxylic acids is 1. The van der Waals surface area contributed by atoms with Crippen LogP contribution in [0.5, 0.6) is 0 Å². The number of hydrogen-bond donors (Lipinski definition) is 0. The van der Waals surface area contributed by atoms with Crippen molar-refractivity contribution in [2.24, 2.45) is 5.41 Å². The number of likely N-dealkylation sites (tertiary alicyclic amines) is 1. The Morgan fingerprint density at radius 1 is 1.45 bits per heavy atom. The van der Waals surface area contributed by atoms with Crippen LogP contribution in [0.15, 0.2) is 0 Å². The summed E-state index contributed by atoms with van der Waals surface area (Å²) in [5, 5.41) is 0. The van der Waals surface area contributed by atoms with E-state index < -0.39 is 0 Å². The van der Waals surface area contributed by atoms with E-state index in [0.717, 1.165) is 32.4 Å². The summed E-state index contributed by atoms with van der Waals surface area (Å²) in [6, 6.07) is 0. The van der Waals surface area contributed by atoms with Gasteiger partial charge < -0.3 is 4.90 Å². The highest BCUT2D eigenvalue weighted by Gasteiger charge is 2.45. The highest BCUT2D eigenvalue weighted by molar-refractivity contribution is 5.86. The number of ketones is 1. The maximum atomic E-state index is 11.5. The maximum absolute atomic E-state index is 11.5. The van der Waals surface area contributed by atoms with Crippen LogP contribution in [0.3, 0.4) is 0 Å². The molecule has 62 valence electrons. The van der Waals surface area contributed by atoms with Gasteiger partial charge in [-0.2, -0.15) is 0 Å². The predicted molar refractivity (Wildman–Crippen MR) is 43.4 cm³/mol. The molecule has 1 saturated carbocycles. The zero-order valence-corrected chi connectivity index (χ0v) is 7.10. The highest BCUT2D eigenvalue weighted by Crippen LogP contribution is 2.44. The second kappa shape index (κ2) is 2.31. The molecular weight excluding hydrogens is 138 g/mol. The maximum Gasteiger partial charge on any atom is 0.141 e. The average Bonchev–Trinajstić information content (AvgIpc) is 1.91. The molecule has 0 amide bonds. The third-order valence-corrected chi connectivity index (χ3v) is 3.20. The van der Waals surface area contributed by atoms with Gasteiger partial charge in [0.15, 0.2) is 0 Å². The minimum Gasteiger partial charge on any atom is -0.305 e. The van der Waals surface area contributed by atoms with Crippen molar-refractivity contribution in [1.29, 1.82) is 0 Å². The first kappa shape index (κ1) is 7.29. The topological polar surface area (TPSA) is 20.3 Å². The monoisotopic (exact) mass is 153 g/mol. The Morgan fingerprint density at radius 2 is 2.18 bits per heavy atom. The molecule has 0 aromatic carbocycles.